The van der Waals surface area contributed by atoms with Gasteiger partial charge in [-0.1, -0.05) is 12.1 Å². The molecule has 0 aliphatic rings. The van der Waals surface area contributed by atoms with E-state index in [0.29, 0.717) is 0 Å². The standard InChI is InChI=1S/C14H16N2O2S/c1-9(12-7-4-8-19-12)16(2)14(18)10-5-3-6-11(15)13(10)17/h3-9,17H,15H2,1-2H3. The van der Waals surface area contributed by atoms with Gasteiger partial charge in [-0.3, -0.25) is 4.79 Å². The van der Waals surface area contributed by atoms with Crippen molar-refractivity contribution in [1.82, 2.24) is 4.90 Å². The number of para-hydroxylation sites is 1. The molecule has 3 N–H and O–H groups in total. The average Bonchev–Trinajstić information content (AvgIpc) is 2.93. The number of nitrogen functional groups attached to an aromatic ring is 1. The lowest BCUT2D eigenvalue weighted by Crippen LogP contribution is -2.29. The highest BCUT2D eigenvalue weighted by molar-refractivity contribution is 7.10. The third-order valence-corrected chi connectivity index (χ3v) is 4.20. The molecule has 1 unspecified atom stereocenters. The summed E-state index contributed by atoms with van der Waals surface area (Å²) < 4.78 is 0. The first kappa shape index (κ1) is 13.4. The zero-order valence-corrected chi connectivity index (χ0v) is 11.6. The number of thiophene rings is 1. The molecule has 19 heavy (non-hydrogen) atoms. The fourth-order valence-corrected chi connectivity index (χ4v) is 2.65. The number of hydrogen-bond acceptors (Lipinski definition) is 4. The maximum absolute atomic E-state index is 12.4. The van der Waals surface area contributed by atoms with Crippen molar-refractivity contribution in [3.05, 3.63) is 46.2 Å². The van der Waals surface area contributed by atoms with Crippen LogP contribution in [-0.4, -0.2) is 23.0 Å². The van der Waals surface area contributed by atoms with E-state index in [-0.39, 0.29) is 28.9 Å². The van der Waals surface area contributed by atoms with Gasteiger partial charge in [0.25, 0.3) is 5.91 Å². The van der Waals surface area contributed by atoms with Crippen molar-refractivity contribution >= 4 is 22.9 Å². The number of rotatable bonds is 3. The van der Waals surface area contributed by atoms with Crippen LogP contribution in [-0.2, 0) is 0 Å². The highest BCUT2D eigenvalue weighted by atomic mass is 32.1. The Morgan fingerprint density at radius 2 is 2.11 bits per heavy atom. The summed E-state index contributed by atoms with van der Waals surface area (Å²) in [7, 11) is 1.72. The number of anilines is 1. The molecule has 0 aliphatic carbocycles. The lowest BCUT2D eigenvalue weighted by Gasteiger charge is -2.24. The second-order valence-electron chi connectivity index (χ2n) is 4.35. The van der Waals surface area contributed by atoms with Gasteiger partial charge in [-0.05, 0) is 30.5 Å². The molecule has 0 spiro atoms. The number of carbonyl (C=O) groups is 1. The number of hydrogen-bond donors (Lipinski definition) is 2. The number of phenols is 1. The molecule has 1 aromatic heterocycles. The number of aromatic hydroxyl groups is 1. The molecule has 4 nitrogen and oxygen atoms in total. The van der Waals surface area contributed by atoms with Crippen LogP contribution in [0.4, 0.5) is 5.69 Å². The van der Waals surface area contributed by atoms with Crippen LogP contribution in [0, 0.1) is 0 Å². The second-order valence-corrected chi connectivity index (χ2v) is 5.33. The number of benzene rings is 1. The molecule has 100 valence electrons. The summed E-state index contributed by atoms with van der Waals surface area (Å²) in [5.74, 6) is -0.400. The molecular weight excluding hydrogens is 260 g/mol. The van der Waals surface area contributed by atoms with Crippen molar-refractivity contribution in [2.75, 3.05) is 12.8 Å². The first-order chi connectivity index (χ1) is 9.02. The summed E-state index contributed by atoms with van der Waals surface area (Å²) in [6.45, 7) is 1.95. The van der Waals surface area contributed by atoms with Crippen LogP contribution in [0.15, 0.2) is 35.7 Å². The summed E-state index contributed by atoms with van der Waals surface area (Å²) in [4.78, 5) is 15.1. The SMILES string of the molecule is CC(c1cccs1)N(C)C(=O)c1cccc(N)c1O. The van der Waals surface area contributed by atoms with E-state index < -0.39 is 0 Å². The first-order valence-corrected chi connectivity index (χ1v) is 6.78. The van der Waals surface area contributed by atoms with Gasteiger partial charge >= 0.3 is 0 Å². The minimum atomic E-state index is -0.245. The Morgan fingerprint density at radius 1 is 1.37 bits per heavy atom. The summed E-state index contributed by atoms with van der Waals surface area (Å²) >= 11 is 1.60. The van der Waals surface area contributed by atoms with Crippen LogP contribution in [0.2, 0.25) is 0 Å². The van der Waals surface area contributed by atoms with E-state index in [1.807, 2.05) is 24.4 Å². The number of phenolic OH excluding ortho intramolecular Hbond substituents is 1. The molecule has 5 heteroatoms. The van der Waals surface area contributed by atoms with E-state index in [1.165, 1.54) is 0 Å². The van der Waals surface area contributed by atoms with Crippen LogP contribution in [0.25, 0.3) is 0 Å². The fourth-order valence-electron chi connectivity index (χ4n) is 1.82. The fraction of sp³-hybridized carbons (Fsp3) is 0.214. The highest BCUT2D eigenvalue weighted by Crippen LogP contribution is 2.29. The molecule has 0 saturated heterocycles. The predicted octanol–water partition coefficient (Wildman–Crippen LogP) is 2.87. The molecular formula is C14H16N2O2S. The molecule has 1 heterocycles. The maximum Gasteiger partial charge on any atom is 0.257 e. The Balaban J connectivity index is 2.26. The Hall–Kier alpha value is -2.01. The molecule has 0 radical (unpaired) electrons. The smallest absolute Gasteiger partial charge is 0.257 e. The van der Waals surface area contributed by atoms with E-state index in [2.05, 4.69) is 0 Å². The summed E-state index contributed by atoms with van der Waals surface area (Å²) in [6, 6.07) is 8.69. The van der Waals surface area contributed by atoms with E-state index in [4.69, 9.17) is 5.73 Å². The number of carbonyl (C=O) groups excluding carboxylic acids is 1. The van der Waals surface area contributed by atoms with Gasteiger partial charge in [-0.2, -0.15) is 0 Å². The molecule has 0 fully saturated rings. The Labute approximate surface area is 116 Å². The number of nitrogens with zero attached hydrogens (tertiary/aromatic N) is 1. The normalized spacial score (nSPS) is 12.1. The van der Waals surface area contributed by atoms with Crippen molar-refractivity contribution in [2.45, 2.75) is 13.0 Å². The topological polar surface area (TPSA) is 66.6 Å². The van der Waals surface area contributed by atoms with Gasteiger partial charge in [0.1, 0.15) is 0 Å². The van der Waals surface area contributed by atoms with Gasteiger partial charge in [-0.25, -0.2) is 0 Å². The number of nitrogens with two attached hydrogens (primary N) is 1. The lowest BCUT2D eigenvalue weighted by molar-refractivity contribution is 0.0742. The van der Waals surface area contributed by atoms with Gasteiger partial charge < -0.3 is 15.7 Å². The molecule has 2 aromatic rings. The second kappa shape index (κ2) is 5.32. The molecule has 1 aromatic carbocycles. The van der Waals surface area contributed by atoms with Crippen molar-refractivity contribution in [2.24, 2.45) is 0 Å². The largest absolute Gasteiger partial charge is 0.505 e. The van der Waals surface area contributed by atoms with Gasteiger partial charge in [0, 0.05) is 11.9 Å². The van der Waals surface area contributed by atoms with Crippen molar-refractivity contribution in [1.29, 1.82) is 0 Å². The monoisotopic (exact) mass is 276 g/mol. The van der Waals surface area contributed by atoms with Gasteiger partial charge in [-0.15, -0.1) is 11.3 Å². The molecule has 0 bridgehead atoms. The zero-order valence-electron chi connectivity index (χ0n) is 10.8. The Kier molecular flexibility index (Phi) is 3.76. The van der Waals surface area contributed by atoms with E-state index >= 15 is 0 Å². The predicted molar refractivity (Wildman–Crippen MR) is 77.3 cm³/mol. The summed E-state index contributed by atoms with van der Waals surface area (Å²) in [5.41, 5.74) is 6.05. The minimum Gasteiger partial charge on any atom is -0.505 e. The zero-order chi connectivity index (χ0) is 14.0. The van der Waals surface area contributed by atoms with E-state index in [0.717, 1.165) is 4.88 Å². The van der Waals surface area contributed by atoms with Crippen LogP contribution < -0.4 is 5.73 Å². The average molecular weight is 276 g/mol. The minimum absolute atomic E-state index is 0.0478. The van der Waals surface area contributed by atoms with Crippen LogP contribution in [0.1, 0.15) is 28.2 Å². The molecule has 0 aliphatic heterocycles. The van der Waals surface area contributed by atoms with Gasteiger partial charge in [0.05, 0.1) is 17.3 Å². The number of amides is 1. The molecule has 1 amide bonds. The van der Waals surface area contributed by atoms with E-state index in [1.54, 1.807) is 41.5 Å². The Bertz CT molecular complexity index is 581. The van der Waals surface area contributed by atoms with Crippen molar-refractivity contribution < 1.29 is 9.90 Å². The Morgan fingerprint density at radius 3 is 2.74 bits per heavy atom. The van der Waals surface area contributed by atoms with Crippen molar-refractivity contribution in [3.63, 3.8) is 0 Å². The van der Waals surface area contributed by atoms with Gasteiger partial charge in [0.15, 0.2) is 5.75 Å². The molecule has 2 rings (SSSR count). The third kappa shape index (κ3) is 2.56. The molecule has 0 saturated carbocycles. The maximum atomic E-state index is 12.4. The quantitative estimate of drug-likeness (QED) is 0.669. The van der Waals surface area contributed by atoms with Crippen LogP contribution in [0.5, 0.6) is 5.75 Å². The van der Waals surface area contributed by atoms with Crippen LogP contribution >= 0.6 is 11.3 Å². The first-order valence-electron chi connectivity index (χ1n) is 5.90. The third-order valence-electron chi connectivity index (χ3n) is 3.15. The van der Waals surface area contributed by atoms with Crippen molar-refractivity contribution in [3.8, 4) is 5.75 Å². The van der Waals surface area contributed by atoms with Crippen LogP contribution in [0.3, 0.4) is 0 Å². The summed E-state index contributed by atoms with van der Waals surface area (Å²) in [5, 5.41) is 11.8. The summed E-state index contributed by atoms with van der Waals surface area (Å²) in [6.07, 6.45) is 0. The molecule has 1 atom stereocenters. The lowest BCUT2D eigenvalue weighted by atomic mass is 10.1. The van der Waals surface area contributed by atoms with E-state index in [9.17, 15) is 9.90 Å². The highest BCUT2D eigenvalue weighted by Gasteiger charge is 2.22. The van der Waals surface area contributed by atoms with Gasteiger partial charge in [0.2, 0.25) is 0 Å².